The Kier molecular flexibility index (Phi) is 6.96. The molecule has 9 nitrogen and oxygen atoms in total. The maximum atomic E-state index is 13.6. The summed E-state index contributed by atoms with van der Waals surface area (Å²) in [7, 11) is -0.362. The highest BCUT2D eigenvalue weighted by atomic mass is 31.2. The van der Waals surface area contributed by atoms with Gasteiger partial charge in [-0.15, -0.1) is 0 Å². The fraction of sp³-hybridized carbons (Fsp3) is 0.308. The predicted octanol–water partition coefficient (Wildman–Crippen LogP) is 3.54. The van der Waals surface area contributed by atoms with Crippen molar-refractivity contribution < 1.29 is 19.3 Å². The number of nitrogens with zero attached hydrogens (tertiary/aromatic N) is 4. The molecule has 0 bridgehead atoms. The monoisotopic (exact) mass is 506 g/mol. The average molecular weight is 506 g/mol. The van der Waals surface area contributed by atoms with Crippen LogP contribution in [0, 0.1) is 5.92 Å². The molecule has 2 aromatic carbocycles. The molecule has 0 atom stereocenters. The zero-order valence-corrected chi connectivity index (χ0v) is 20.8. The second-order valence-electron chi connectivity index (χ2n) is 9.00. The molecule has 10 heteroatoms. The lowest BCUT2D eigenvalue weighted by Crippen LogP contribution is -2.36. The summed E-state index contributed by atoms with van der Waals surface area (Å²) < 4.78 is 6.28. The van der Waals surface area contributed by atoms with E-state index < -0.39 is 19.8 Å². The summed E-state index contributed by atoms with van der Waals surface area (Å²) in [6.45, 7) is 1.32. The highest BCUT2D eigenvalue weighted by Crippen LogP contribution is 2.33. The lowest BCUT2D eigenvalue weighted by molar-refractivity contribution is 0.0940. The normalized spacial score (nSPS) is 14.6. The Hall–Kier alpha value is -3.39. The summed E-state index contributed by atoms with van der Waals surface area (Å²) in [6.07, 6.45) is 4.36. The molecule has 0 saturated carbocycles. The largest absolute Gasteiger partial charge is 0.481 e. The summed E-state index contributed by atoms with van der Waals surface area (Å²) in [4.78, 5) is 52.1. The zero-order valence-electron chi connectivity index (χ0n) is 19.9. The first-order valence-corrected chi connectivity index (χ1v) is 13.3. The molecule has 0 radical (unpaired) electrons. The first-order valence-electron chi connectivity index (χ1n) is 11.9. The third kappa shape index (κ3) is 4.82. The maximum Gasteiger partial charge on any atom is 0.285 e. The van der Waals surface area contributed by atoms with Gasteiger partial charge in [0, 0.05) is 36.3 Å². The Morgan fingerprint density at radius 3 is 2.56 bits per heavy atom. The number of benzene rings is 2. The molecular formula is C26H27N4O5P. The van der Waals surface area contributed by atoms with E-state index in [0.29, 0.717) is 53.2 Å². The van der Waals surface area contributed by atoms with Crippen LogP contribution in [0.5, 0.6) is 5.88 Å². The molecule has 1 aliphatic rings. The zero-order chi connectivity index (χ0) is 25.2. The lowest BCUT2D eigenvalue weighted by Gasteiger charge is -2.33. The molecular weight excluding hydrogens is 479 g/mol. The Labute approximate surface area is 208 Å². The van der Waals surface area contributed by atoms with Crippen LogP contribution in [-0.2, 0) is 0 Å². The summed E-state index contributed by atoms with van der Waals surface area (Å²) in [5.41, 5.74) is -0.150. The van der Waals surface area contributed by atoms with E-state index in [0.717, 1.165) is 34.7 Å². The van der Waals surface area contributed by atoms with Gasteiger partial charge in [0.15, 0.2) is 8.38 Å². The standard InChI is InChI=1S/C26H27N4O5P/c1-35-22-15-21-16-27-30(25(31)20-7-6-18-4-2-3-5-19(18)14-20)26(32)23(21)24(28-22)29-11-8-17(9-12-29)10-13-36(33)34/h2-7,14-17,33-34H,8-13H2,1H3. The first kappa shape index (κ1) is 24.3. The van der Waals surface area contributed by atoms with Gasteiger partial charge in [-0.05, 0) is 48.1 Å². The second kappa shape index (κ2) is 10.3. The fourth-order valence-corrected chi connectivity index (χ4v) is 5.38. The van der Waals surface area contributed by atoms with Gasteiger partial charge < -0.3 is 19.4 Å². The van der Waals surface area contributed by atoms with Crippen LogP contribution < -0.4 is 15.2 Å². The van der Waals surface area contributed by atoms with Gasteiger partial charge in [0.05, 0.1) is 18.7 Å². The van der Waals surface area contributed by atoms with Gasteiger partial charge in [-0.25, -0.2) is 0 Å². The molecule has 0 unspecified atom stereocenters. The minimum atomic E-state index is -1.88. The lowest BCUT2D eigenvalue weighted by atomic mass is 9.94. The molecule has 186 valence electrons. The van der Waals surface area contributed by atoms with Gasteiger partial charge in [0.25, 0.3) is 11.5 Å². The number of methoxy groups -OCH3 is 1. The molecule has 0 spiro atoms. The number of pyridine rings is 1. The van der Waals surface area contributed by atoms with Gasteiger partial charge >= 0.3 is 0 Å². The van der Waals surface area contributed by atoms with Crippen molar-refractivity contribution in [3.63, 3.8) is 0 Å². The van der Waals surface area contributed by atoms with Crippen molar-refractivity contribution in [3.8, 4) is 5.88 Å². The van der Waals surface area contributed by atoms with Gasteiger partial charge in [0.1, 0.15) is 5.82 Å². The molecule has 5 rings (SSSR count). The molecule has 4 aromatic rings. The number of aromatic nitrogens is 3. The minimum Gasteiger partial charge on any atom is -0.481 e. The van der Waals surface area contributed by atoms with Crippen molar-refractivity contribution in [3.05, 3.63) is 70.6 Å². The van der Waals surface area contributed by atoms with Crippen LogP contribution in [-0.4, -0.2) is 56.8 Å². The fourth-order valence-electron chi connectivity index (χ4n) is 4.78. The molecule has 3 heterocycles. The van der Waals surface area contributed by atoms with Crippen molar-refractivity contribution in [2.75, 3.05) is 31.3 Å². The average Bonchev–Trinajstić information content (AvgIpc) is 2.91. The van der Waals surface area contributed by atoms with Crippen LogP contribution in [0.2, 0.25) is 0 Å². The Bertz CT molecular complexity index is 1480. The Balaban J connectivity index is 1.51. The SMILES string of the molecule is COc1cc2cnn(C(=O)c3ccc4ccccc4c3)c(=O)c2c(N2CCC(CCP(O)O)CC2)n1. The van der Waals surface area contributed by atoms with E-state index in [4.69, 9.17) is 4.74 Å². The molecule has 1 aliphatic heterocycles. The number of carbonyl (C=O) groups excluding carboxylic acids is 1. The summed E-state index contributed by atoms with van der Waals surface area (Å²) >= 11 is 0. The molecule has 2 N–H and O–H groups in total. The number of rotatable bonds is 6. The molecule has 1 fully saturated rings. The van der Waals surface area contributed by atoms with Crippen molar-refractivity contribution in [2.24, 2.45) is 5.92 Å². The topological polar surface area (TPSA) is 118 Å². The highest BCUT2D eigenvalue weighted by Gasteiger charge is 2.25. The van der Waals surface area contributed by atoms with Crippen LogP contribution in [0.1, 0.15) is 29.6 Å². The van der Waals surface area contributed by atoms with Gasteiger partial charge in [-0.3, -0.25) is 9.59 Å². The molecule has 0 aliphatic carbocycles. The first-order chi connectivity index (χ1) is 17.4. The quantitative estimate of drug-likeness (QED) is 0.382. The Morgan fingerprint density at radius 2 is 1.83 bits per heavy atom. The van der Waals surface area contributed by atoms with E-state index in [2.05, 4.69) is 10.1 Å². The van der Waals surface area contributed by atoms with Crippen LogP contribution in [0.4, 0.5) is 5.82 Å². The number of piperidine rings is 1. The second-order valence-corrected chi connectivity index (χ2v) is 10.2. The summed E-state index contributed by atoms with van der Waals surface area (Å²) in [6, 6.07) is 14.7. The molecule has 36 heavy (non-hydrogen) atoms. The van der Waals surface area contributed by atoms with Gasteiger partial charge in [-0.2, -0.15) is 14.8 Å². The number of ether oxygens (including phenoxy) is 1. The smallest absolute Gasteiger partial charge is 0.285 e. The van der Waals surface area contributed by atoms with Gasteiger partial charge in [0.2, 0.25) is 5.88 Å². The van der Waals surface area contributed by atoms with Crippen LogP contribution in [0.25, 0.3) is 21.5 Å². The van der Waals surface area contributed by atoms with Gasteiger partial charge in [-0.1, -0.05) is 30.3 Å². The molecule has 1 saturated heterocycles. The maximum absolute atomic E-state index is 13.6. The van der Waals surface area contributed by atoms with Crippen molar-refractivity contribution in [1.29, 1.82) is 0 Å². The number of fused-ring (bicyclic) bond motifs is 2. The molecule has 2 aromatic heterocycles. The summed E-state index contributed by atoms with van der Waals surface area (Å²) in [5.74, 6) is 0.723. The van der Waals surface area contributed by atoms with Crippen LogP contribution in [0.3, 0.4) is 0 Å². The highest BCUT2D eigenvalue weighted by molar-refractivity contribution is 7.45. The van der Waals surface area contributed by atoms with Crippen molar-refractivity contribution in [1.82, 2.24) is 14.8 Å². The number of carbonyl (C=O) groups is 1. The van der Waals surface area contributed by atoms with E-state index in [1.165, 1.54) is 13.3 Å². The predicted molar refractivity (Wildman–Crippen MR) is 140 cm³/mol. The van der Waals surface area contributed by atoms with E-state index in [-0.39, 0.29) is 0 Å². The number of anilines is 1. The van der Waals surface area contributed by atoms with E-state index in [1.807, 2.05) is 35.2 Å². The van der Waals surface area contributed by atoms with E-state index in [9.17, 15) is 19.4 Å². The van der Waals surface area contributed by atoms with Crippen molar-refractivity contribution >= 4 is 41.6 Å². The van der Waals surface area contributed by atoms with Crippen LogP contribution in [0.15, 0.2) is 59.5 Å². The van der Waals surface area contributed by atoms with Crippen LogP contribution >= 0.6 is 8.38 Å². The third-order valence-corrected chi connectivity index (χ3v) is 7.43. The number of hydrogen-bond donors (Lipinski definition) is 2. The Morgan fingerprint density at radius 1 is 1.08 bits per heavy atom. The number of hydrogen-bond acceptors (Lipinski definition) is 8. The summed E-state index contributed by atoms with van der Waals surface area (Å²) in [5, 5.41) is 6.97. The minimum absolute atomic E-state index is 0.327. The molecule has 0 amide bonds. The van der Waals surface area contributed by atoms with E-state index in [1.54, 1.807) is 18.2 Å². The van der Waals surface area contributed by atoms with Crippen molar-refractivity contribution in [2.45, 2.75) is 19.3 Å². The third-order valence-electron chi connectivity index (χ3n) is 6.78. The van der Waals surface area contributed by atoms with E-state index >= 15 is 0 Å².